The lowest BCUT2D eigenvalue weighted by molar-refractivity contribution is 0.102. The number of hydrogen-bond acceptors (Lipinski definition) is 4. The fourth-order valence-corrected chi connectivity index (χ4v) is 2.81. The van der Waals surface area contributed by atoms with Gasteiger partial charge in [0.05, 0.1) is 26.5 Å². The highest BCUT2D eigenvalue weighted by Crippen LogP contribution is 2.36. The number of halogens is 1. The summed E-state index contributed by atoms with van der Waals surface area (Å²) in [4.78, 5) is 12.7. The summed E-state index contributed by atoms with van der Waals surface area (Å²) >= 11 is 3.40. The predicted octanol–water partition coefficient (Wildman–Crippen LogP) is 4.82. The molecule has 0 aromatic heterocycles. The summed E-state index contributed by atoms with van der Waals surface area (Å²) in [6.45, 7) is 4.61. The van der Waals surface area contributed by atoms with Crippen LogP contribution in [0.25, 0.3) is 0 Å². The third-order valence-corrected chi connectivity index (χ3v) is 4.34. The first-order valence-corrected chi connectivity index (χ1v) is 8.75. The van der Waals surface area contributed by atoms with E-state index in [9.17, 15) is 4.79 Å². The SMILES string of the molecule is CCCOc1cc(C)ccc1NC(=O)c1cc(OC)c(Br)c(OC)c1. The van der Waals surface area contributed by atoms with Crippen LogP contribution in [0, 0.1) is 6.92 Å². The molecule has 1 N–H and O–H groups in total. The van der Waals surface area contributed by atoms with Gasteiger partial charge in [-0.1, -0.05) is 13.0 Å². The molecule has 1 amide bonds. The second-order valence-electron chi connectivity index (χ2n) is 5.50. The average molecular weight is 408 g/mol. The predicted molar refractivity (Wildman–Crippen MR) is 102 cm³/mol. The Bertz CT molecular complexity index is 736. The van der Waals surface area contributed by atoms with Gasteiger partial charge in [0, 0.05) is 5.56 Å². The molecule has 0 heterocycles. The third kappa shape index (κ3) is 4.66. The summed E-state index contributed by atoms with van der Waals surface area (Å²) in [5.41, 5.74) is 2.12. The van der Waals surface area contributed by atoms with Crippen molar-refractivity contribution in [3.05, 3.63) is 45.9 Å². The Morgan fingerprint density at radius 2 is 1.72 bits per heavy atom. The number of ether oxygens (including phenoxy) is 3. The molecule has 0 saturated carbocycles. The van der Waals surface area contributed by atoms with Crippen LogP contribution < -0.4 is 19.5 Å². The highest BCUT2D eigenvalue weighted by Gasteiger charge is 2.16. The molecular weight excluding hydrogens is 386 g/mol. The first kappa shape index (κ1) is 19.1. The van der Waals surface area contributed by atoms with Crippen LogP contribution in [0.3, 0.4) is 0 Å². The van der Waals surface area contributed by atoms with E-state index >= 15 is 0 Å². The zero-order chi connectivity index (χ0) is 18.4. The molecule has 0 bridgehead atoms. The molecule has 0 aliphatic heterocycles. The number of aryl methyl sites for hydroxylation is 1. The molecule has 2 rings (SSSR count). The van der Waals surface area contributed by atoms with E-state index in [2.05, 4.69) is 21.2 Å². The van der Waals surface area contributed by atoms with Gasteiger partial charge in [-0.05, 0) is 59.1 Å². The molecule has 0 unspecified atom stereocenters. The number of amides is 1. The van der Waals surface area contributed by atoms with Crippen molar-refractivity contribution in [1.29, 1.82) is 0 Å². The molecule has 0 aliphatic rings. The molecule has 0 radical (unpaired) electrons. The van der Waals surface area contributed by atoms with E-state index in [1.165, 1.54) is 14.2 Å². The van der Waals surface area contributed by atoms with E-state index in [4.69, 9.17) is 14.2 Å². The molecule has 0 saturated heterocycles. The van der Waals surface area contributed by atoms with E-state index < -0.39 is 0 Å². The van der Waals surface area contributed by atoms with E-state index in [0.717, 1.165) is 12.0 Å². The summed E-state index contributed by atoms with van der Waals surface area (Å²) in [5.74, 6) is 1.44. The fourth-order valence-electron chi connectivity index (χ4n) is 2.26. The number of hydrogen-bond donors (Lipinski definition) is 1. The number of anilines is 1. The van der Waals surface area contributed by atoms with Crippen LogP contribution in [0.15, 0.2) is 34.8 Å². The molecule has 0 fully saturated rings. The highest BCUT2D eigenvalue weighted by atomic mass is 79.9. The van der Waals surface area contributed by atoms with E-state index in [0.29, 0.717) is 39.6 Å². The highest BCUT2D eigenvalue weighted by molar-refractivity contribution is 9.10. The van der Waals surface area contributed by atoms with Crippen molar-refractivity contribution in [3.8, 4) is 17.2 Å². The zero-order valence-electron chi connectivity index (χ0n) is 14.8. The maximum atomic E-state index is 12.7. The zero-order valence-corrected chi connectivity index (χ0v) is 16.4. The van der Waals surface area contributed by atoms with Crippen molar-refractivity contribution in [2.24, 2.45) is 0 Å². The minimum absolute atomic E-state index is 0.269. The molecule has 0 atom stereocenters. The Hall–Kier alpha value is -2.21. The van der Waals surface area contributed by atoms with Gasteiger partial charge in [-0.25, -0.2) is 0 Å². The van der Waals surface area contributed by atoms with E-state index in [-0.39, 0.29) is 5.91 Å². The van der Waals surface area contributed by atoms with Gasteiger partial charge < -0.3 is 19.5 Å². The number of carbonyl (C=O) groups is 1. The van der Waals surface area contributed by atoms with Crippen LogP contribution in [-0.2, 0) is 0 Å². The molecule has 2 aromatic carbocycles. The molecular formula is C19H22BrNO4. The molecule has 25 heavy (non-hydrogen) atoms. The van der Waals surface area contributed by atoms with Crippen molar-refractivity contribution in [1.82, 2.24) is 0 Å². The Balaban J connectivity index is 2.31. The van der Waals surface area contributed by atoms with Crippen LogP contribution >= 0.6 is 15.9 Å². The topological polar surface area (TPSA) is 56.8 Å². The van der Waals surface area contributed by atoms with E-state index in [1.54, 1.807) is 12.1 Å². The first-order valence-electron chi connectivity index (χ1n) is 7.96. The van der Waals surface area contributed by atoms with Gasteiger partial charge in [-0.2, -0.15) is 0 Å². The number of methoxy groups -OCH3 is 2. The number of benzene rings is 2. The molecule has 5 nitrogen and oxygen atoms in total. The van der Waals surface area contributed by atoms with Crippen LogP contribution in [-0.4, -0.2) is 26.7 Å². The van der Waals surface area contributed by atoms with Crippen molar-refractivity contribution in [2.45, 2.75) is 20.3 Å². The normalized spacial score (nSPS) is 10.3. The number of nitrogens with one attached hydrogen (secondary N) is 1. The van der Waals surface area contributed by atoms with Gasteiger partial charge in [0.15, 0.2) is 0 Å². The Kier molecular flexibility index (Phi) is 6.70. The van der Waals surface area contributed by atoms with Crippen LogP contribution in [0.5, 0.6) is 17.2 Å². The Morgan fingerprint density at radius 3 is 2.28 bits per heavy atom. The maximum absolute atomic E-state index is 12.7. The molecule has 134 valence electrons. The fraction of sp³-hybridized carbons (Fsp3) is 0.316. The van der Waals surface area contributed by atoms with Crippen molar-refractivity contribution in [2.75, 3.05) is 26.1 Å². The lowest BCUT2D eigenvalue weighted by Crippen LogP contribution is -2.13. The lowest BCUT2D eigenvalue weighted by atomic mass is 10.1. The van der Waals surface area contributed by atoms with Gasteiger partial charge in [0.1, 0.15) is 21.7 Å². The Labute approximate surface area is 156 Å². The quantitative estimate of drug-likeness (QED) is 0.714. The van der Waals surface area contributed by atoms with Crippen LogP contribution in [0.4, 0.5) is 5.69 Å². The van der Waals surface area contributed by atoms with Gasteiger partial charge in [0.2, 0.25) is 0 Å². The Morgan fingerprint density at radius 1 is 1.08 bits per heavy atom. The molecule has 0 spiro atoms. The molecule has 6 heteroatoms. The van der Waals surface area contributed by atoms with Crippen molar-refractivity contribution in [3.63, 3.8) is 0 Å². The summed E-state index contributed by atoms with van der Waals surface area (Å²) < 4.78 is 17.0. The van der Waals surface area contributed by atoms with Crippen LogP contribution in [0.1, 0.15) is 29.3 Å². The third-order valence-electron chi connectivity index (χ3n) is 3.55. The molecule has 2 aromatic rings. The van der Waals surface area contributed by atoms with Gasteiger partial charge in [0.25, 0.3) is 5.91 Å². The summed E-state index contributed by atoms with van der Waals surface area (Å²) in [6.07, 6.45) is 0.891. The monoisotopic (exact) mass is 407 g/mol. The second kappa shape index (κ2) is 8.76. The summed E-state index contributed by atoms with van der Waals surface area (Å²) in [7, 11) is 3.08. The minimum atomic E-state index is -0.269. The molecule has 0 aliphatic carbocycles. The second-order valence-corrected chi connectivity index (χ2v) is 6.29. The number of carbonyl (C=O) groups excluding carboxylic acids is 1. The first-order chi connectivity index (χ1) is 12.0. The van der Waals surface area contributed by atoms with Gasteiger partial charge in [-0.3, -0.25) is 4.79 Å². The number of rotatable bonds is 7. The smallest absolute Gasteiger partial charge is 0.256 e. The lowest BCUT2D eigenvalue weighted by Gasteiger charge is -2.14. The van der Waals surface area contributed by atoms with Crippen molar-refractivity contribution >= 4 is 27.5 Å². The van der Waals surface area contributed by atoms with Crippen LogP contribution in [0.2, 0.25) is 0 Å². The average Bonchev–Trinajstić information content (AvgIpc) is 2.61. The maximum Gasteiger partial charge on any atom is 0.256 e. The standard InChI is InChI=1S/C19H22BrNO4/c1-5-8-25-15-9-12(2)6-7-14(15)21-19(22)13-10-16(23-3)18(20)17(11-13)24-4/h6-7,9-11H,5,8H2,1-4H3,(H,21,22). The summed E-state index contributed by atoms with van der Waals surface area (Å²) in [5, 5.41) is 2.89. The van der Waals surface area contributed by atoms with Gasteiger partial charge >= 0.3 is 0 Å². The van der Waals surface area contributed by atoms with E-state index in [1.807, 2.05) is 32.0 Å². The largest absolute Gasteiger partial charge is 0.495 e. The van der Waals surface area contributed by atoms with Gasteiger partial charge in [-0.15, -0.1) is 0 Å². The van der Waals surface area contributed by atoms with Crippen molar-refractivity contribution < 1.29 is 19.0 Å². The summed E-state index contributed by atoms with van der Waals surface area (Å²) in [6, 6.07) is 8.99. The minimum Gasteiger partial charge on any atom is -0.495 e.